The van der Waals surface area contributed by atoms with Gasteiger partial charge < -0.3 is 10.5 Å². The molecule has 92 valence electrons. The summed E-state index contributed by atoms with van der Waals surface area (Å²) >= 11 is 0. The van der Waals surface area contributed by atoms with E-state index >= 15 is 0 Å². The van der Waals surface area contributed by atoms with Gasteiger partial charge in [-0.1, -0.05) is 0 Å². The van der Waals surface area contributed by atoms with Gasteiger partial charge in [0, 0.05) is 12.6 Å². The number of hydrogen-bond acceptors (Lipinski definition) is 3. The van der Waals surface area contributed by atoms with Gasteiger partial charge in [0.15, 0.2) is 6.61 Å². The summed E-state index contributed by atoms with van der Waals surface area (Å²) < 4.78 is 40.0. The smallest absolute Gasteiger partial charge is 0.422 e. The fourth-order valence-electron chi connectivity index (χ4n) is 1.04. The van der Waals surface area contributed by atoms with Crippen LogP contribution in [0.3, 0.4) is 0 Å². The molecule has 0 aromatic carbocycles. The fourth-order valence-corrected chi connectivity index (χ4v) is 1.04. The Bertz CT molecular complexity index is 344. The molecule has 0 saturated heterocycles. The van der Waals surface area contributed by atoms with Crippen molar-refractivity contribution in [2.75, 3.05) is 6.61 Å². The lowest BCUT2D eigenvalue weighted by molar-refractivity contribution is -0.154. The molecule has 1 heterocycles. The molecule has 2 N–H and O–H groups in total. The molecule has 0 bridgehead atoms. The molecule has 0 spiro atoms. The van der Waals surface area contributed by atoms with E-state index in [4.69, 9.17) is 5.73 Å². The lowest BCUT2D eigenvalue weighted by Crippen LogP contribution is -2.20. The number of aromatic nitrogens is 1. The Kier molecular flexibility index (Phi) is 5.53. The number of nitrogens with two attached hydrogens (primary N) is 1. The zero-order chi connectivity index (χ0) is 11.5. The van der Waals surface area contributed by atoms with Crippen molar-refractivity contribution in [3.8, 4) is 5.88 Å². The fraction of sp³-hybridized carbons (Fsp3) is 0.444. The zero-order valence-electron chi connectivity index (χ0n) is 8.54. The van der Waals surface area contributed by atoms with Crippen LogP contribution in [0.4, 0.5) is 13.2 Å². The van der Waals surface area contributed by atoms with Crippen LogP contribution in [-0.4, -0.2) is 17.8 Å². The third kappa shape index (κ3) is 5.18. The lowest BCUT2D eigenvalue weighted by atomic mass is 10.2. The van der Waals surface area contributed by atoms with Gasteiger partial charge in [0.05, 0.1) is 5.69 Å². The summed E-state index contributed by atoms with van der Waals surface area (Å²) in [5, 5.41) is 0. The van der Waals surface area contributed by atoms with Crippen molar-refractivity contribution in [2.24, 2.45) is 5.73 Å². The molecule has 3 nitrogen and oxygen atoms in total. The van der Waals surface area contributed by atoms with Gasteiger partial charge in [0.25, 0.3) is 0 Å². The Labute approximate surface area is 97.2 Å². The number of aryl methyl sites for hydroxylation is 1. The summed E-state index contributed by atoms with van der Waals surface area (Å²) in [4.78, 5) is 3.81. The van der Waals surface area contributed by atoms with E-state index in [1.54, 1.807) is 13.0 Å². The molecular formula is C9H12ClF3N2O. The van der Waals surface area contributed by atoms with Crippen LogP contribution >= 0.6 is 12.4 Å². The van der Waals surface area contributed by atoms with Gasteiger partial charge in [0.1, 0.15) is 0 Å². The van der Waals surface area contributed by atoms with Gasteiger partial charge in [0.2, 0.25) is 5.88 Å². The Morgan fingerprint density at radius 2 is 2.00 bits per heavy atom. The maximum Gasteiger partial charge on any atom is 0.422 e. The summed E-state index contributed by atoms with van der Waals surface area (Å²) in [6.07, 6.45) is -4.35. The maximum atomic E-state index is 11.8. The van der Waals surface area contributed by atoms with Crippen LogP contribution in [0.1, 0.15) is 11.3 Å². The molecule has 0 aliphatic heterocycles. The first kappa shape index (κ1) is 15.0. The molecule has 0 fully saturated rings. The van der Waals surface area contributed by atoms with E-state index in [1.807, 2.05) is 0 Å². The molecule has 1 aromatic heterocycles. The first-order valence-corrected chi connectivity index (χ1v) is 4.28. The van der Waals surface area contributed by atoms with Crippen LogP contribution in [-0.2, 0) is 6.54 Å². The quantitative estimate of drug-likeness (QED) is 0.902. The van der Waals surface area contributed by atoms with Crippen molar-refractivity contribution in [3.05, 3.63) is 23.4 Å². The first-order valence-electron chi connectivity index (χ1n) is 4.28. The van der Waals surface area contributed by atoms with E-state index < -0.39 is 12.8 Å². The summed E-state index contributed by atoms with van der Waals surface area (Å²) in [6, 6.07) is 3.13. The van der Waals surface area contributed by atoms with Crippen LogP contribution < -0.4 is 10.5 Å². The van der Waals surface area contributed by atoms with Gasteiger partial charge in [-0.2, -0.15) is 13.2 Å². The monoisotopic (exact) mass is 256 g/mol. The first-order chi connectivity index (χ1) is 6.90. The average molecular weight is 257 g/mol. The molecule has 0 aliphatic carbocycles. The molecule has 0 saturated carbocycles. The molecule has 1 aromatic rings. The zero-order valence-corrected chi connectivity index (χ0v) is 9.36. The molecule has 1 rings (SSSR count). The van der Waals surface area contributed by atoms with Crippen molar-refractivity contribution in [1.29, 1.82) is 0 Å². The van der Waals surface area contributed by atoms with Gasteiger partial charge in [-0.3, -0.25) is 0 Å². The topological polar surface area (TPSA) is 48.1 Å². The lowest BCUT2D eigenvalue weighted by Gasteiger charge is -2.09. The highest BCUT2D eigenvalue weighted by atomic mass is 35.5. The number of hydrogen-bond donors (Lipinski definition) is 1. The number of rotatable bonds is 3. The minimum absolute atomic E-state index is 0. The van der Waals surface area contributed by atoms with Gasteiger partial charge >= 0.3 is 6.18 Å². The van der Waals surface area contributed by atoms with Crippen LogP contribution in [0.25, 0.3) is 0 Å². The number of halogens is 4. The largest absolute Gasteiger partial charge is 0.468 e. The Morgan fingerprint density at radius 1 is 1.38 bits per heavy atom. The van der Waals surface area contributed by atoms with Crippen molar-refractivity contribution in [1.82, 2.24) is 4.98 Å². The summed E-state index contributed by atoms with van der Waals surface area (Å²) in [7, 11) is 0. The van der Waals surface area contributed by atoms with E-state index in [9.17, 15) is 13.2 Å². The van der Waals surface area contributed by atoms with Crippen LogP contribution in [0.5, 0.6) is 5.88 Å². The van der Waals surface area contributed by atoms with E-state index in [2.05, 4.69) is 9.72 Å². The molecule has 16 heavy (non-hydrogen) atoms. The third-order valence-corrected chi connectivity index (χ3v) is 1.59. The molecule has 0 aliphatic rings. The Morgan fingerprint density at radius 3 is 2.50 bits per heavy atom. The van der Waals surface area contributed by atoms with Gasteiger partial charge in [-0.25, -0.2) is 4.98 Å². The molecular weight excluding hydrogens is 245 g/mol. The summed E-state index contributed by atoms with van der Waals surface area (Å²) in [5.74, 6) is -0.0484. The average Bonchev–Trinajstić information content (AvgIpc) is 2.13. The van der Waals surface area contributed by atoms with Crippen molar-refractivity contribution in [2.45, 2.75) is 19.6 Å². The van der Waals surface area contributed by atoms with Crippen LogP contribution in [0.2, 0.25) is 0 Å². The van der Waals surface area contributed by atoms with Crippen LogP contribution in [0.15, 0.2) is 12.1 Å². The molecule has 7 heteroatoms. The third-order valence-electron chi connectivity index (χ3n) is 1.59. The normalized spacial score (nSPS) is 10.8. The minimum Gasteiger partial charge on any atom is -0.468 e. The van der Waals surface area contributed by atoms with Gasteiger partial charge in [-0.15, -0.1) is 12.4 Å². The molecule has 0 atom stereocenters. The standard InChI is InChI=1S/C9H11F3N2O.ClH/c1-6-2-7(4-13)14-8(3-6)15-5-9(10,11)12;/h2-3H,4-5,13H2,1H3;1H. The highest BCUT2D eigenvalue weighted by Crippen LogP contribution is 2.18. The molecule has 0 amide bonds. The summed E-state index contributed by atoms with van der Waals surface area (Å²) in [6.45, 7) is 0.568. The number of alkyl halides is 3. The van der Waals surface area contributed by atoms with Crippen molar-refractivity contribution >= 4 is 12.4 Å². The predicted molar refractivity (Wildman–Crippen MR) is 55.7 cm³/mol. The number of ether oxygens (including phenoxy) is 1. The SMILES string of the molecule is Cc1cc(CN)nc(OCC(F)(F)F)c1.Cl. The Hall–Kier alpha value is -1.01. The second kappa shape index (κ2) is 5.91. The highest BCUT2D eigenvalue weighted by molar-refractivity contribution is 5.85. The van der Waals surface area contributed by atoms with E-state index in [0.29, 0.717) is 5.69 Å². The second-order valence-corrected chi connectivity index (χ2v) is 3.08. The highest BCUT2D eigenvalue weighted by Gasteiger charge is 2.28. The van der Waals surface area contributed by atoms with E-state index in [1.165, 1.54) is 6.07 Å². The maximum absolute atomic E-state index is 11.8. The number of nitrogens with zero attached hydrogens (tertiary/aromatic N) is 1. The van der Waals surface area contributed by atoms with E-state index in [-0.39, 0.29) is 24.8 Å². The summed E-state index contributed by atoms with van der Waals surface area (Å²) in [5.41, 5.74) is 6.60. The molecule has 0 radical (unpaired) electrons. The molecule has 0 unspecified atom stereocenters. The predicted octanol–water partition coefficient (Wildman–Crippen LogP) is 2.21. The van der Waals surface area contributed by atoms with Crippen LogP contribution in [0, 0.1) is 6.92 Å². The number of pyridine rings is 1. The second-order valence-electron chi connectivity index (χ2n) is 3.08. The van der Waals surface area contributed by atoms with Gasteiger partial charge in [-0.05, 0) is 18.6 Å². The Balaban J connectivity index is 0.00000225. The van der Waals surface area contributed by atoms with Crippen molar-refractivity contribution < 1.29 is 17.9 Å². The minimum atomic E-state index is -4.35. The van der Waals surface area contributed by atoms with Crippen molar-refractivity contribution in [3.63, 3.8) is 0 Å². The van der Waals surface area contributed by atoms with E-state index in [0.717, 1.165) is 5.56 Å².